The maximum absolute atomic E-state index is 10.4. The normalized spacial score (nSPS) is 10.7. The number of thioether (sulfide) groups is 1. The predicted molar refractivity (Wildman–Crippen MR) is 94.9 cm³/mol. The van der Waals surface area contributed by atoms with Crippen LogP contribution >= 0.6 is 40.1 Å². The Balaban J connectivity index is 0.00000400. The van der Waals surface area contributed by atoms with Crippen LogP contribution in [0.2, 0.25) is 0 Å². The summed E-state index contributed by atoms with van der Waals surface area (Å²) in [4.78, 5) is 14.3. The van der Waals surface area contributed by atoms with Crippen LogP contribution in [0.5, 0.6) is 0 Å². The van der Waals surface area contributed by atoms with Crippen molar-refractivity contribution in [2.75, 3.05) is 31.2 Å². The first-order chi connectivity index (χ1) is 9.65. The third-order valence-electron chi connectivity index (χ3n) is 2.18. The number of nitro groups is 1. The van der Waals surface area contributed by atoms with Gasteiger partial charge in [0.1, 0.15) is 0 Å². The molecule has 21 heavy (non-hydrogen) atoms. The molecule has 0 atom stereocenters. The number of hydrogen-bond acceptors (Lipinski definition) is 8. The Morgan fingerprint density at radius 3 is 2.90 bits per heavy atom. The van der Waals surface area contributed by atoms with Gasteiger partial charge in [0.25, 0.3) is 6.20 Å². The SMILES string of the molecule is Br.CCN/C(=C/[N+](=O)[O-])NCCSCc1csc(NC)n1. The van der Waals surface area contributed by atoms with Gasteiger partial charge in [0.05, 0.1) is 10.6 Å². The van der Waals surface area contributed by atoms with Crippen molar-refractivity contribution >= 4 is 45.2 Å². The van der Waals surface area contributed by atoms with Gasteiger partial charge in [0.2, 0.25) is 0 Å². The molecule has 1 aromatic rings. The summed E-state index contributed by atoms with van der Waals surface area (Å²) in [5, 5.41) is 22.3. The summed E-state index contributed by atoms with van der Waals surface area (Å²) in [5.74, 6) is 2.14. The summed E-state index contributed by atoms with van der Waals surface area (Å²) >= 11 is 3.32. The quantitative estimate of drug-likeness (QED) is 0.316. The van der Waals surface area contributed by atoms with E-state index in [-0.39, 0.29) is 17.0 Å². The molecule has 3 N–H and O–H groups in total. The van der Waals surface area contributed by atoms with Gasteiger partial charge in [-0.15, -0.1) is 28.3 Å². The molecule has 10 heteroatoms. The molecule has 0 aliphatic rings. The molecule has 120 valence electrons. The predicted octanol–water partition coefficient (Wildman–Crippen LogP) is 2.27. The second kappa shape index (κ2) is 11.6. The van der Waals surface area contributed by atoms with Gasteiger partial charge >= 0.3 is 0 Å². The van der Waals surface area contributed by atoms with Gasteiger partial charge in [-0.3, -0.25) is 10.1 Å². The Labute approximate surface area is 142 Å². The first-order valence-electron chi connectivity index (χ1n) is 6.18. The van der Waals surface area contributed by atoms with E-state index in [1.807, 2.05) is 19.4 Å². The van der Waals surface area contributed by atoms with E-state index in [2.05, 4.69) is 20.9 Å². The molecule has 0 fully saturated rings. The molecule has 0 radical (unpaired) electrons. The minimum Gasteiger partial charge on any atom is -0.367 e. The maximum atomic E-state index is 10.4. The number of thiazole rings is 1. The molecule has 1 rings (SSSR count). The van der Waals surface area contributed by atoms with Gasteiger partial charge in [0.15, 0.2) is 11.0 Å². The van der Waals surface area contributed by atoms with Crippen LogP contribution < -0.4 is 16.0 Å². The molecular formula is C11H20BrN5O2S2. The first kappa shape index (κ1) is 20.0. The van der Waals surface area contributed by atoms with Crippen molar-refractivity contribution in [3.63, 3.8) is 0 Å². The van der Waals surface area contributed by atoms with Crippen molar-refractivity contribution in [3.05, 3.63) is 33.2 Å². The fourth-order valence-corrected chi connectivity index (χ4v) is 2.90. The molecule has 1 aromatic heterocycles. The van der Waals surface area contributed by atoms with E-state index in [1.54, 1.807) is 23.1 Å². The molecule has 0 amide bonds. The van der Waals surface area contributed by atoms with Crippen LogP contribution in [0.4, 0.5) is 5.13 Å². The van der Waals surface area contributed by atoms with Crippen molar-refractivity contribution < 1.29 is 4.92 Å². The number of nitrogens with one attached hydrogen (secondary N) is 3. The topological polar surface area (TPSA) is 92.1 Å². The lowest BCUT2D eigenvalue weighted by Crippen LogP contribution is -2.28. The second-order valence-electron chi connectivity index (χ2n) is 3.73. The highest BCUT2D eigenvalue weighted by Gasteiger charge is 2.02. The van der Waals surface area contributed by atoms with Gasteiger partial charge in [-0.25, -0.2) is 4.98 Å². The van der Waals surface area contributed by atoms with E-state index in [4.69, 9.17) is 0 Å². The first-order valence-corrected chi connectivity index (χ1v) is 8.22. The lowest BCUT2D eigenvalue weighted by Gasteiger charge is -2.09. The molecule has 1 heterocycles. The van der Waals surface area contributed by atoms with Crippen molar-refractivity contribution in [2.24, 2.45) is 0 Å². The largest absolute Gasteiger partial charge is 0.367 e. The van der Waals surface area contributed by atoms with E-state index >= 15 is 0 Å². The Hall–Kier alpha value is -1.00. The number of nitrogens with zero attached hydrogens (tertiary/aromatic N) is 2. The summed E-state index contributed by atoms with van der Waals surface area (Å²) in [7, 11) is 1.85. The van der Waals surface area contributed by atoms with Crippen LogP contribution in [0.25, 0.3) is 0 Å². The number of rotatable bonds is 10. The zero-order valence-electron chi connectivity index (χ0n) is 11.9. The molecule has 0 aromatic carbocycles. The van der Waals surface area contributed by atoms with Crippen LogP contribution in [-0.2, 0) is 5.75 Å². The third-order valence-corrected chi connectivity index (χ3v) is 4.08. The van der Waals surface area contributed by atoms with Gasteiger partial charge in [-0.05, 0) is 6.92 Å². The lowest BCUT2D eigenvalue weighted by atomic mass is 10.6. The van der Waals surface area contributed by atoms with E-state index in [9.17, 15) is 10.1 Å². The number of halogens is 1. The molecule has 0 saturated carbocycles. The molecule has 0 spiro atoms. The summed E-state index contributed by atoms with van der Waals surface area (Å²) in [6.45, 7) is 3.21. The second-order valence-corrected chi connectivity index (χ2v) is 5.70. The number of aromatic nitrogens is 1. The molecule has 0 aliphatic carbocycles. The van der Waals surface area contributed by atoms with E-state index in [1.165, 1.54) is 0 Å². The van der Waals surface area contributed by atoms with Crippen molar-refractivity contribution in [3.8, 4) is 0 Å². The van der Waals surface area contributed by atoms with Gasteiger partial charge in [-0.1, -0.05) is 0 Å². The monoisotopic (exact) mass is 397 g/mol. The minimum atomic E-state index is -0.466. The highest BCUT2D eigenvalue weighted by molar-refractivity contribution is 8.93. The Kier molecular flexibility index (Phi) is 11.1. The summed E-state index contributed by atoms with van der Waals surface area (Å²) in [5.41, 5.74) is 1.05. The maximum Gasteiger partial charge on any atom is 0.274 e. The average Bonchev–Trinajstić information content (AvgIpc) is 2.86. The van der Waals surface area contributed by atoms with E-state index < -0.39 is 4.92 Å². The molecular weight excluding hydrogens is 378 g/mol. The smallest absolute Gasteiger partial charge is 0.274 e. The van der Waals surface area contributed by atoms with Crippen LogP contribution in [0.3, 0.4) is 0 Å². The van der Waals surface area contributed by atoms with Crippen LogP contribution in [-0.4, -0.2) is 35.8 Å². The summed E-state index contributed by atoms with van der Waals surface area (Å²) in [6, 6.07) is 0. The molecule has 7 nitrogen and oxygen atoms in total. The van der Waals surface area contributed by atoms with E-state index in [0.29, 0.717) is 18.9 Å². The number of hydrogen-bond donors (Lipinski definition) is 3. The van der Waals surface area contributed by atoms with Crippen LogP contribution in [0.1, 0.15) is 12.6 Å². The molecule has 0 bridgehead atoms. The fraction of sp³-hybridized carbons (Fsp3) is 0.545. The molecule has 0 aliphatic heterocycles. The average molecular weight is 398 g/mol. The van der Waals surface area contributed by atoms with Crippen molar-refractivity contribution in [1.29, 1.82) is 0 Å². The van der Waals surface area contributed by atoms with Gasteiger partial charge in [-0.2, -0.15) is 11.8 Å². The van der Waals surface area contributed by atoms with E-state index in [0.717, 1.165) is 28.5 Å². The van der Waals surface area contributed by atoms with Crippen molar-refractivity contribution in [1.82, 2.24) is 15.6 Å². The van der Waals surface area contributed by atoms with Gasteiger partial charge < -0.3 is 16.0 Å². The summed E-state index contributed by atoms with van der Waals surface area (Å²) in [6.07, 6.45) is 0.952. The Bertz CT molecular complexity index is 456. The molecule has 0 unspecified atom stereocenters. The highest BCUT2D eigenvalue weighted by atomic mass is 79.9. The zero-order valence-corrected chi connectivity index (χ0v) is 15.3. The fourth-order valence-electron chi connectivity index (χ4n) is 1.37. The van der Waals surface area contributed by atoms with Crippen molar-refractivity contribution in [2.45, 2.75) is 12.7 Å². The zero-order chi connectivity index (χ0) is 14.8. The summed E-state index contributed by atoms with van der Waals surface area (Å²) < 4.78 is 0. The van der Waals surface area contributed by atoms with Crippen LogP contribution in [0, 0.1) is 10.1 Å². The molecule has 0 saturated heterocycles. The van der Waals surface area contributed by atoms with Gasteiger partial charge in [0, 0.05) is 37.0 Å². The number of anilines is 1. The minimum absolute atomic E-state index is 0. The van der Waals surface area contributed by atoms with Crippen LogP contribution in [0.15, 0.2) is 17.4 Å². The highest BCUT2D eigenvalue weighted by Crippen LogP contribution is 2.18. The standard InChI is InChI=1S/C11H19N5O2S2.BrH/c1-3-13-10(6-16(17)18)14-4-5-19-7-9-8-20-11(12-2)15-9;/h6,8,13-14H,3-5,7H2,1-2H3,(H,12,15);1H/b10-6-;. The Morgan fingerprint density at radius 2 is 2.33 bits per heavy atom. The third kappa shape index (κ3) is 8.79. The lowest BCUT2D eigenvalue weighted by molar-refractivity contribution is -0.404. The Morgan fingerprint density at radius 1 is 1.57 bits per heavy atom.